The molecule has 1 aromatic rings. The highest BCUT2D eigenvalue weighted by molar-refractivity contribution is 5.48. The number of nitrogens with one attached hydrogen (secondary N) is 1. The normalized spacial score (nSPS) is 10.9. The number of nitrogens with zero attached hydrogens (tertiary/aromatic N) is 1. The van der Waals surface area contributed by atoms with Gasteiger partial charge in [0.1, 0.15) is 0 Å². The molecule has 0 saturated carbocycles. The van der Waals surface area contributed by atoms with Crippen LogP contribution in [0.2, 0.25) is 0 Å². The molecule has 0 bridgehead atoms. The molecule has 0 radical (unpaired) electrons. The number of nitro benzene ring substituents is 1. The molecule has 0 atom stereocenters. The summed E-state index contributed by atoms with van der Waals surface area (Å²) in [7, 11) is 0. The van der Waals surface area contributed by atoms with Crippen LogP contribution in [0.15, 0.2) is 18.2 Å². The average molecular weight is 294 g/mol. The first-order chi connectivity index (χ1) is 10.0. The Morgan fingerprint density at radius 1 is 1.33 bits per heavy atom. The monoisotopic (exact) mass is 294 g/mol. The van der Waals surface area contributed by atoms with E-state index in [-0.39, 0.29) is 10.6 Å². The van der Waals surface area contributed by atoms with E-state index in [0.717, 1.165) is 31.4 Å². The average Bonchev–Trinajstić information content (AvgIpc) is 2.44. The highest BCUT2D eigenvalue weighted by atomic mass is 16.6. The number of ether oxygens (including phenoxy) is 1. The number of hydrogen-bond acceptors (Lipinski definition) is 4. The van der Waals surface area contributed by atoms with Gasteiger partial charge in [0.05, 0.1) is 11.5 Å². The van der Waals surface area contributed by atoms with Crippen molar-refractivity contribution in [1.29, 1.82) is 0 Å². The van der Waals surface area contributed by atoms with Crippen LogP contribution in [0.5, 0.6) is 5.75 Å². The van der Waals surface area contributed by atoms with Crippen molar-refractivity contribution in [2.24, 2.45) is 5.92 Å². The van der Waals surface area contributed by atoms with E-state index < -0.39 is 0 Å². The second-order valence-electron chi connectivity index (χ2n) is 5.64. The van der Waals surface area contributed by atoms with E-state index in [0.29, 0.717) is 24.8 Å². The lowest BCUT2D eigenvalue weighted by atomic mass is 10.1. The van der Waals surface area contributed by atoms with Crippen LogP contribution in [0.25, 0.3) is 0 Å². The first-order valence-electron chi connectivity index (χ1n) is 7.65. The Kier molecular flexibility index (Phi) is 7.75. The Labute approximate surface area is 126 Å². The summed E-state index contributed by atoms with van der Waals surface area (Å²) in [4.78, 5) is 10.8. The molecule has 0 saturated heterocycles. The molecule has 0 amide bonds. The first-order valence-corrected chi connectivity index (χ1v) is 7.65. The van der Waals surface area contributed by atoms with Crippen molar-refractivity contribution in [3.8, 4) is 5.75 Å². The molecule has 1 aromatic carbocycles. The summed E-state index contributed by atoms with van der Waals surface area (Å²) in [6.45, 7) is 8.42. The fraction of sp³-hybridized carbons (Fsp3) is 0.625. The minimum atomic E-state index is -0.374. The first kappa shape index (κ1) is 17.4. The van der Waals surface area contributed by atoms with E-state index in [4.69, 9.17) is 4.74 Å². The molecule has 1 rings (SSSR count). The van der Waals surface area contributed by atoms with Crippen molar-refractivity contribution in [2.45, 2.75) is 46.6 Å². The van der Waals surface area contributed by atoms with Crippen molar-refractivity contribution in [1.82, 2.24) is 5.32 Å². The number of nitro groups is 1. The van der Waals surface area contributed by atoms with Crippen molar-refractivity contribution in [3.63, 3.8) is 0 Å². The molecule has 118 valence electrons. The standard InChI is InChI=1S/C16H26N2O3/c1-4-5-6-9-21-16-8-7-14(10-15(16)18(19)20)12-17-11-13(2)3/h7-8,10,13,17H,4-6,9,11-12H2,1-3H3. The molecule has 0 heterocycles. The molecule has 0 aliphatic carbocycles. The predicted molar refractivity (Wildman–Crippen MR) is 84.7 cm³/mol. The van der Waals surface area contributed by atoms with Gasteiger partial charge in [-0.05, 0) is 30.5 Å². The Balaban J connectivity index is 2.65. The maximum Gasteiger partial charge on any atom is 0.311 e. The molecule has 0 fully saturated rings. The van der Waals surface area contributed by atoms with Gasteiger partial charge in [-0.15, -0.1) is 0 Å². The molecule has 0 spiro atoms. The van der Waals surface area contributed by atoms with Gasteiger partial charge in [-0.1, -0.05) is 39.7 Å². The third-order valence-electron chi connectivity index (χ3n) is 3.11. The van der Waals surface area contributed by atoms with Crippen LogP contribution in [0.4, 0.5) is 5.69 Å². The van der Waals surface area contributed by atoms with Crippen molar-refractivity contribution in [2.75, 3.05) is 13.2 Å². The van der Waals surface area contributed by atoms with E-state index in [9.17, 15) is 10.1 Å². The van der Waals surface area contributed by atoms with Crippen molar-refractivity contribution >= 4 is 5.69 Å². The summed E-state index contributed by atoms with van der Waals surface area (Å²) in [5.41, 5.74) is 0.957. The lowest BCUT2D eigenvalue weighted by Crippen LogP contribution is -2.19. The highest BCUT2D eigenvalue weighted by Crippen LogP contribution is 2.28. The molecular formula is C16H26N2O3. The van der Waals surface area contributed by atoms with E-state index in [1.807, 2.05) is 6.07 Å². The van der Waals surface area contributed by atoms with Gasteiger partial charge in [0.25, 0.3) is 0 Å². The minimum absolute atomic E-state index is 0.0512. The fourth-order valence-electron chi connectivity index (χ4n) is 1.98. The molecule has 0 aliphatic heterocycles. The van der Waals surface area contributed by atoms with Gasteiger partial charge in [-0.2, -0.15) is 0 Å². The molecule has 1 N–H and O–H groups in total. The van der Waals surface area contributed by atoms with Gasteiger partial charge in [0.2, 0.25) is 0 Å². The molecule has 0 aromatic heterocycles. The van der Waals surface area contributed by atoms with Gasteiger partial charge in [0.15, 0.2) is 5.75 Å². The van der Waals surface area contributed by atoms with Crippen LogP contribution in [0, 0.1) is 16.0 Å². The van der Waals surface area contributed by atoms with E-state index in [1.54, 1.807) is 12.1 Å². The zero-order chi connectivity index (χ0) is 15.7. The summed E-state index contributed by atoms with van der Waals surface area (Å²) >= 11 is 0. The quantitative estimate of drug-likeness (QED) is 0.404. The van der Waals surface area contributed by atoms with E-state index in [2.05, 4.69) is 26.1 Å². The Bertz CT molecular complexity index is 447. The fourth-order valence-corrected chi connectivity index (χ4v) is 1.98. The van der Waals surface area contributed by atoms with Crippen molar-refractivity contribution in [3.05, 3.63) is 33.9 Å². The zero-order valence-electron chi connectivity index (χ0n) is 13.2. The zero-order valence-corrected chi connectivity index (χ0v) is 13.2. The van der Waals surface area contributed by atoms with Gasteiger partial charge in [0, 0.05) is 12.6 Å². The Morgan fingerprint density at radius 3 is 2.71 bits per heavy atom. The van der Waals surface area contributed by atoms with Crippen LogP contribution < -0.4 is 10.1 Å². The van der Waals surface area contributed by atoms with Crippen LogP contribution in [0.1, 0.15) is 45.6 Å². The van der Waals surface area contributed by atoms with Crippen LogP contribution in [-0.4, -0.2) is 18.1 Å². The SMILES string of the molecule is CCCCCOc1ccc(CNCC(C)C)cc1[N+](=O)[O-]. The lowest BCUT2D eigenvalue weighted by molar-refractivity contribution is -0.385. The maximum atomic E-state index is 11.2. The predicted octanol–water partition coefficient (Wildman–Crippen LogP) is 3.91. The minimum Gasteiger partial charge on any atom is -0.487 e. The van der Waals surface area contributed by atoms with Crippen LogP contribution in [-0.2, 0) is 6.54 Å². The van der Waals surface area contributed by atoms with Crippen LogP contribution >= 0.6 is 0 Å². The van der Waals surface area contributed by atoms with E-state index in [1.165, 1.54) is 0 Å². The summed E-state index contributed by atoms with van der Waals surface area (Å²) in [6, 6.07) is 5.19. The third-order valence-corrected chi connectivity index (χ3v) is 3.11. The second-order valence-corrected chi connectivity index (χ2v) is 5.64. The number of rotatable bonds is 10. The van der Waals surface area contributed by atoms with Gasteiger partial charge < -0.3 is 10.1 Å². The molecular weight excluding hydrogens is 268 g/mol. The van der Waals surface area contributed by atoms with Crippen molar-refractivity contribution < 1.29 is 9.66 Å². The summed E-state index contributed by atoms with van der Waals surface area (Å²) in [6.07, 6.45) is 3.10. The Hall–Kier alpha value is -1.62. The summed E-state index contributed by atoms with van der Waals surface area (Å²) in [5, 5.41) is 14.4. The smallest absolute Gasteiger partial charge is 0.311 e. The molecule has 0 aliphatic rings. The number of hydrogen-bond donors (Lipinski definition) is 1. The summed E-state index contributed by atoms with van der Waals surface area (Å²) in [5.74, 6) is 0.921. The van der Waals surface area contributed by atoms with Gasteiger partial charge in [-0.25, -0.2) is 0 Å². The Morgan fingerprint density at radius 2 is 2.10 bits per heavy atom. The van der Waals surface area contributed by atoms with Gasteiger partial charge in [-0.3, -0.25) is 10.1 Å². The second kappa shape index (κ2) is 9.34. The third kappa shape index (κ3) is 6.58. The number of benzene rings is 1. The number of unbranched alkanes of at least 4 members (excludes halogenated alkanes) is 2. The highest BCUT2D eigenvalue weighted by Gasteiger charge is 2.15. The molecule has 5 nitrogen and oxygen atoms in total. The van der Waals surface area contributed by atoms with Crippen LogP contribution in [0.3, 0.4) is 0 Å². The molecule has 21 heavy (non-hydrogen) atoms. The lowest BCUT2D eigenvalue weighted by Gasteiger charge is -2.10. The topological polar surface area (TPSA) is 64.4 Å². The largest absolute Gasteiger partial charge is 0.487 e. The summed E-state index contributed by atoms with van der Waals surface area (Å²) < 4.78 is 5.54. The van der Waals surface area contributed by atoms with Gasteiger partial charge >= 0.3 is 5.69 Å². The van der Waals surface area contributed by atoms with E-state index >= 15 is 0 Å². The molecule has 0 unspecified atom stereocenters. The molecule has 5 heteroatoms. The maximum absolute atomic E-state index is 11.2.